The second-order valence-corrected chi connectivity index (χ2v) is 9.43. The van der Waals surface area contributed by atoms with E-state index in [1.54, 1.807) is 18.2 Å². The monoisotopic (exact) mass is 476 g/mol. The van der Waals surface area contributed by atoms with Gasteiger partial charge in [0.2, 0.25) is 5.91 Å². The Bertz CT molecular complexity index is 975. The number of likely N-dealkylation sites (tertiary alicyclic amines) is 1. The molecule has 0 aliphatic carbocycles. The summed E-state index contributed by atoms with van der Waals surface area (Å²) in [5.74, 6) is -3.95. The second kappa shape index (κ2) is 8.74. The molecule has 0 aromatic heterocycles. The summed E-state index contributed by atoms with van der Waals surface area (Å²) in [5, 5.41) is 20.3. The van der Waals surface area contributed by atoms with Gasteiger partial charge in [-0.25, -0.2) is 0 Å². The van der Waals surface area contributed by atoms with Crippen LogP contribution in [0.3, 0.4) is 0 Å². The number of ether oxygens (including phenoxy) is 1. The maximum atomic E-state index is 14.3. The van der Waals surface area contributed by atoms with Gasteiger partial charge in [0.1, 0.15) is 11.6 Å². The molecule has 1 aromatic rings. The van der Waals surface area contributed by atoms with Crippen molar-refractivity contribution in [3.8, 4) is 0 Å². The molecule has 0 saturated carbocycles. The zero-order chi connectivity index (χ0) is 24.1. The van der Waals surface area contributed by atoms with Gasteiger partial charge in [-0.1, -0.05) is 36.7 Å². The van der Waals surface area contributed by atoms with Gasteiger partial charge in [-0.3, -0.25) is 14.4 Å². The maximum absolute atomic E-state index is 14.3. The fourth-order valence-corrected chi connectivity index (χ4v) is 6.32. The Kier molecular flexibility index (Phi) is 6.28. The smallest absolute Gasteiger partial charge is 0.310 e. The first-order valence-corrected chi connectivity index (χ1v) is 11.6. The Hall–Kier alpha value is -2.42. The summed E-state index contributed by atoms with van der Waals surface area (Å²) in [6.45, 7) is 7.23. The summed E-state index contributed by atoms with van der Waals surface area (Å²) in [7, 11) is 0. The summed E-state index contributed by atoms with van der Waals surface area (Å²) in [6, 6.07) is 3.60. The summed E-state index contributed by atoms with van der Waals surface area (Å²) < 4.78 is 6.22. The second-order valence-electron chi connectivity index (χ2n) is 9.03. The standard InChI is InChI=1S/C24H29ClN2O6/c1-4-11-26(19-13(3)7-6-8-15(19)25)22(30)20-24-10-9-16(33-24)17(23(31)32)18(24)21(29)27(20)14(5-2)12-28/h4,6-8,14,16-18,20,28H,1,5,9-12H2,2-3H3,(H,31,32)/t14-,16+,17-,18-,20?,24?/m0/s1. The Labute approximate surface area is 197 Å². The Morgan fingerprint density at radius 3 is 2.76 bits per heavy atom. The number of hydrogen-bond acceptors (Lipinski definition) is 5. The molecular formula is C24H29ClN2O6. The predicted molar refractivity (Wildman–Crippen MR) is 122 cm³/mol. The molecule has 8 nitrogen and oxygen atoms in total. The third-order valence-electron chi connectivity index (χ3n) is 7.37. The molecule has 6 atom stereocenters. The topological polar surface area (TPSA) is 107 Å². The van der Waals surface area contributed by atoms with Crippen molar-refractivity contribution < 1.29 is 29.3 Å². The lowest BCUT2D eigenvalue weighted by Crippen LogP contribution is -2.59. The molecule has 3 heterocycles. The van der Waals surface area contributed by atoms with Gasteiger partial charge >= 0.3 is 5.97 Å². The van der Waals surface area contributed by atoms with E-state index in [0.29, 0.717) is 30.0 Å². The molecule has 3 saturated heterocycles. The number of para-hydroxylation sites is 1. The number of hydrogen-bond donors (Lipinski definition) is 2. The number of carboxylic acids is 1. The number of aliphatic carboxylic acids is 1. The van der Waals surface area contributed by atoms with E-state index in [9.17, 15) is 24.6 Å². The average molecular weight is 477 g/mol. The zero-order valence-electron chi connectivity index (χ0n) is 18.7. The van der Waals surface area contributed by atoms with Crippen LogP contribution in [-0.4, -0.2) is 69.8 Å². The number of aliphatic hydroxyl groups is 1. The summed E-state index contributed by atoms with van der Waals surface area (Å²) >= 11 is 6.49. The highest BCUT2D eigenvalue weighted by molar-refractivity contribution is 6.34. The number of carboxylic acid groups (broad SMARTS) is 1. The SMILES string of the molecule is C=CCN(C(=O)C1N([C@@H](CC)CO)C(=O)[C@@H]2[C@@H](C(=O)O)[C@H]3CCC12O3)c1c(C)cccc1Cl. The number of amides is 2. The van der Waals surface area contributed by atoms with E-state index in [1.807, 2.05) is 19.9 Å². The average Bonchev–Trinajstić information content (AvgIpc) is 3.41. The number of aliphatic hydroxyl groups excluding tert-OH is 1. The van der Waals surface area contributed by atoms with Crippen LogP contribution in [0.5, 0.6) is 0 Å². The van der Waals surface area contributed by atoms with Gasteiger partial charge in [0.25, 0.3) is 5.91 Å². The van der Waals surface area contributed by atoms with Crippen LogP contribution in [0.1, 0.15) is 31.7 Å². The number of nitrogens with zero attached hydrogens (tertiary/aromatic N) is 2. The van der Waals surface area contributed by atoms with Gasteiger partial charge in [-0.2, -0.15) is 0 Å². The number of carbonyl (C=O) groups is 3. The minimum Gasteiger partial charge on any atom is -0.481 e. The van der Waals surface area contributed by atoms with Gasteiger partial charge in [0.05, 0.1) is 41.3 Å². The molecule has 3 fully saturated rings. The van der Waals surface area contributed by atoms with Crippen LogP contribution in [0.2, 0.25) is 5.02 Å². The van der Waals surface area contributed by atoms with Crippen molar-refractivity contribution in [3.63, 3.8) is 0 Å². The van der Waals surface area contributed by atoms with Crippen LogP contribution in [-0.2, 0) is 19.1 Å². The quantitative estimate of drug-likeness (QED) is 0.558. The van der Waals surface area contributed by atoms with E-state index < -0.39 is 53.4 Å². The number of fused-ring (bicyclic) bond motifs is 1. The molecule has 0 radical (unpaired) electrons. The highest BCUT2D eigenvalue weighted by atomic mass is 35.5. The molecule has 3 aliphatic heterocycles. The number of benzene rings is 1. The van der Waals surface area contributed by atoms with Crippen molar-refractivity contribution in [2.24, 2.45) is 11.8 Å². The van der Waals surface area contributed by atoms with E-state index in [0.717, 1.165) is 5.56 Å². The molecule has 2 bridgehead atoms. The molecule has 9 heteroatoms. The highest BCUT2D eigenvalue weighted by Crippen LogP contribution is 2.59. The lowest BCUT2D eigenvalue weighted by Gasteiger charge is -2.39. The molecule has 3 aliphatic rings. The fourth-order valence-electron chi connectivity index (χ4n) is 5.99. The number of rotatable bonds is 8. The molecule has 1 spiro atoms. The van der Waals surface area contributed by atoms with Gasteiger partial charge < -0.3 is 24.7 Å². The first-order valence-electron chi connectivity index (χ1n) is 11.2. The van der Waals surface area contributed by atoms with Crippen LogP contribution in [0, 0.1) is 18.8 Å². The first kappa shape index (κ1) is 23.7. The van der Waals surface area contributed by atoms with E-state index in [1.165, 1.54) is 9.80 Å². The third-order valence-corrected chi connectivity index (χ3v) is 7.67. The molecule has 1 aromatic carbocycles. The number of halogens is 1. The van der Waals surface area contributed by atoms with E-state index in [-0.39, 0.29) is 13.2 Å². The molecular weight excluding hydrogens is 448 g/mol. The normalized spacial score (nSPS) is 30.9. The van der Waals surface area contributed by atoms with Crippen molar-refractivity contribution >= 4 is 35.1 Å². The van der Waals surface area contributed by atoms with Gasteiger partial charge in [0, 0.05) is 6.54 Å². The highest BCUT2D eigenvalue weighted by Gasteiger charge is 2.75. The van der Waals surface area contributed by atoms with Crippen molar-refractivity contribution in [3.05, 3.63) is 41.4 Å². The Balaban J connectivity index is 1.86. The van der Waals surface area contributed by atoms with Crippen LogP contribution in [0.25, 0.3) is 0 Å². The number of carbonyl (C=O) groups excluding carboxylic acids is 2. The Morgan fingerprint density at radius 1 is 1.45 bits per heavy atom. The van der Waals surface area contributed by atoms with Gasteiger partial charge in [-0.05, 0) is 37.8 Å². The maximum Gasteiger partial charge on any atom is 0.310 e. The van der Waals surface area contributed by atoms with E-state index in [2.05, 4.69) is 6.58 Å². The lowest BCUT2D eigenvalue weighted by molar-refractivity contribution is -0.151. The summed E-state index contributed by atoms with van der Waals surface area (Å²) in [5.41, 5.74) is 0.0339. The number of anilines is 1. The van der Waals surface area contributed by atoms with Crippen LogP contribution < -0.4 is 4.90 Å². The predicted octanol–water partition coefficient (Wildman–Crippen LogP) is 2.40. The molecule has 4 rings (SSSR count). The molecule has 178 valence electrons. The van der Waals surface area contributed by atoms with Crippen molar-refractivity contribution in [2.45, 2.75) is 56.9 Å². The van der Waals surface area contributed by atoms with Crippen molar-refractivity contribution in [1.82, 2.24) is 4.90 Å². The number of aryl methyl sites for hydroxylation is 1. The lowest BCUT2D eigenvalue weighted by atomic mass is 9.70. The largest absolute Gasteiger partial charge is 0.481 e. The third kappa shape index (κ3) is 3.38. The van der Waals surface area contributed by atoms with Crippen LogP contribution in [0.15, 0.2) is 30.9 Å². The molecule has 33 heavy (non-hydrogen) atoms. The van der Waals surface area contributed by atoms with Gasteiger partial charge in [0.15, 0.2) is 0 Å². The first-order chi connectivity index (χ1) is 15.7. The van der Waals surface area contributed by atoms with Crippen LogP contribution in [0.4, 0.5) is 5.69 Å². The van der Waals surface area contributed by atoms with Gasteiger partial charge in [-0.15, -0.1) is 6.58 Å². The molecule has 2 amide bonds. The van der Waals surface area contributed by atoms with E-state index in [4.69, 9.17) is 16.3 Å². The fraction of sp³-hybridized carbons (Fsp3) is 0.542. The van der Waals surface area contributed by atoms with Crippen molar-refractivity contribution in [2.75, 3.05) is 18.1 Å². The summed E-state index contributed by atoms with van der Waals surface area (Å²) in [6.07, 6.45) is 2.23. The van der Waals surface area contributed by atoms with Crippen LogP contribution >= 0.6 is 11.6 Å². The van der Waals surface area contributed by atoms with E-state index >= 15 is 0 Å². The Morgan fingerprint density at radius 2 is 2.18 bits per heavy atom. The minimum atomic E-state index is -1.25. The zero-order valence-corrected chi connectivity index (χ0v) is 19.5. The molecule has 2 N–H and O–H groups in total. The molecule has 2 unspecified atom stereocenters. The van der Waals surface area contributed by atoms with Crippen molar-refractivity contribution in [1.29, 1.82) is 0 Å². The minimum absolute atomic E-state index is 0.143. The summed E-state index contributed by atoms with van der Waals surface area (Å²) in [4.78, 5) is 42.9.